The van der Waals surface area contributed by atoms with Gasteiger partial charge >= 0.3 is 0 Å². The third kappa shape index (κ3) is 3.38. The smallest absolute Gasteiger partial charge is 0.277 e. The molecule has 0 radical (unpaired) electrons. The van der Waals surface area contributed by atoms with Crippen molar-refractivity contribution in [2.45, 2.75) is 17.9 Å². The Morgan fingerprint density at radius 3 is 2.89 bits per heavy atom. The zero-order chi connectivity index (χ0) is 19.0. The zero-order valence-corrected chi connectivity index (χ0v) is 15.6. The Kier molecular flexibility index (Phi) is 4.54. The lowest BCUT2D eigenvalue weighted by atomic mass is 10.2. The Labute approximate surface area is 162 Å². The fourth-order valence-corrected chi connectivity index (χ4v) is 3.63. The van der Waals surface area contributed by atoms with Crippen LogP contribution in [-0.2, 0) is 5.75 Å². The van der Waals surface area contributed by atoms with E-state index in [9.17, 15) is 10.1 Å². The maximum absolute atomic E-state index is 11.1. The largest absolute Gasteiger partial charge is 0.410 e. The molecule has 0 fully saturated rings. The molecular weight excluding hydrogens is 390 g/mol. The van der Waals surface area contributed by atoms with Crippen LogP contribution in [0.5, 0.6) is 0 Å². The Balaban J connectivity index is 1.61. The minimum Gasteiger partial charge on any atom is -0.410 e. The topological polar surface area (TPSA) is 99.4 Å². The quantitative estimate of drug-likeness (QED) is 0.275. The second kappa shape index (κ2) is 7.01. The number of pyridine rings is 1. The van der Waals surface area contributed by atoms with Gasteiger partial charge in [0.1, 0.15) is 11.3 Å². The van der Waals surface area contributed by atoms with E-state index >= 15 is 0 Å². The van der Waals surface area contributed by atoms with Crippen LogP contribution < -0.4 is 0 Å². The highest BCUT2D eigenvalue weighted by molar-refractivity contribution is 7.98. The Bertz CT molecular complexity index is 1160. The molecular formula is C17H12ClN5O3S. The molecule has 0 spiro atoms. The van der Waals surface area contributed by atoms with Gasteiger partial charge in [0.15, 0.2) is 0 Å². The van der Waals surface area contributed by atoms with Crippen LogP contribution in [0.25, 0.3) is 17.2 Å². The Morgan fingerprint density at radius 2 is 2.07 bits per heavy atom. The van der Waals surface area contributed by atoms with Gasteiger partial charge in [0.05, 0.1) is 15.6 Å². The molecule has 0 aliphatic rings. The Hall–Kier alpha value is -2.91. The van der Waals surface area contributed by atoms with E-state index in [4.69, 9.17) is 16.0 Å². The van der Waals surface area contributed by atoms with Crippen LogP contribution in [0.4, 0.5) is 5.69 Å². The molecule has 27 heavy (non-hydrogen) atoms. The number of thioether (sulfide) groups is 1. The first kappa shape index (κ1) is 17.5. The highest BCUT2D eigenvalue weighted by Crippen LogP contribution is 2.30. The minimum atomic E-state index is -0.402. The van der Waals surface area contributed by atoms with Crippen LogP contribution in [0.15, 0.2) is 52.2 Å². The van der Waals surface area contributed by atoms with E-state index in [2.05, 4.69) is 15.2 Å². The molecule has 0 saturated heterocycles. The number of nitro groups is 1. The second-order valence-electron chi connectivity index (χ2n) is 5.67. The molecule has 0 saturated carbocycles. The van der Waals surface area contributed by atoms with E-state index in [0.29, 0.717) is 33.1 Å². The van der Waals surface area contributed by atoms with E-state index in [1.54, 1.807) is 40.9 Å². The molecule has 10 heteroatoms. The van der Waals surface area contributed by atoms with E-state index in [-0.39, 0.29) is 5.69 Å². The minimum absolute atomic E-state index is 0.0667. The first-order valence-electron chi connectivity index (χ1n) is 7.86. The van der Waals surface area contributed by atoms with Crippen molar-refractivity contribution >= 4 is 34.7 Å². The van der Waals surface area contributed by atoms with Crippen LogP contribution in [0, 0.1) is 17.0 Å². The van der Waals surface area contributed by atoms with E-state index in [0.717, 1.165) is 11.3 Å². The molecule has 3 aromatic heterocycles. The number of halogens is 1. The standard InChI is InChI=1S/C17H12ClN5O3S/c1-10-15(22-8-12(18)6-7-14(22)19-10)16-20-21-17(26-16)27-9-11-4-2-3-5-13(11)23(24)25/h2-8H,9H2,1H3. The van der Waals surface area contributed by atoms with Gasteiger partial charge in [-0.25, -0.2) is 4.98 Å². The Morgan fingerprint density at radius 1 is 1.26 bits per heavy atom. The van der Waals surface area contributed by atoms with Gasteiger partial charge in [-0.2, -0.15) is 0 Å². The SMILES string of the molecule is Cc1nc2ccc(Cl)cn2c1-c1nnc(SCc2ccccc2[N+](=O)[O-])o1. The first-order chi connectivity index (χ1) is 13.0. The summed E-state index contributed by atoms with van der Waals surface area (Å²) in [5.41, 5.74) is 2.77. The molecule has 3 heterocycles. The van der Waals surface area contributed by atoms with Gasteiger partial charge in [0.25, 0.3) is 16.8 Å². The normalized spacial score (nSPS) is 11.2. The maximum atomic E-state index is 11.1. The van der Waals surface area contributed by atoms with E-state index < -0.39 is 4.92 Å². The average molecular weight is 402 g/mol. The van der Waals surface area contributed by atoms with Crippen molar-refractivity contribution < 1.29 is 9.34 Å². The third-order valence-electron chi connectivity index (χ3n) is 3.91. The molecule has 4 aromatic rings. The van der Waals surface area contributed by atoms with Crippen molar-refractivity contribution in [1.29, 1.82) is 0 Å². The summed E-state index contributed by atoms with van der Waals surface area (Å²) in [6.45, 7) is 1.85. The summed E-state index contributed by atoms with van der Waals surface area (Å²) in [5, 5.41) is 20.1. The maximum Gasteiger partial charge on any atom is 0.277 e. The monoisotopic (exact) mass is 401 g/mol. The van der Waals surface area contributed by atoms with Crippen molar-refractivity contribution in [3.05, 3.63) is 69.0 Å². The number of para-hydroxylation sites is 1. The van der Waals surface area contributed by atoms with E-state index in [1.165, 1.54) is 17.8 Å². The summed E-state index contributed by atoms with van der Waals surface area (Å²) in [5.74, 6) is 0.656. The van der Waals surface area contributed by atoms with Gasteiger partial charge < -0.3 is 4.42 Å². The molecule has 0 aliphatic heterocycles. The molecule has 0 N–H and O–H groups in total. The van der Waals surface area contributed by atoms with Gasteiger partial charge in [-0.3, -0.25) is 14.5 Å². The molecule has 0 unspecified atom stereocenters. The van der Waals surface area contributed by atoms with Gasteiger partial charge in [-0.1, -0.05) is 41.6 Å². The number of nitro benzene ring substituents is 1. The molecule has 136 valence electrons. The van der Waals surface area contributed by atoms with Crippen LogP contribution >= 0.6 is 23.4 Å². The van der Waals surface area contributed by atoms with E-state index in [1.807, 2.05) is 6.92 Å². The van der Waals surface area contributed by atoms with Gasteiger partial charge in [0, 0.05) is 23.6 Å². The number of fused-ring (bicyclic) bond motifs is 1. The lowest BCUT2D eigenvalue weighted by Crippen LogP contribution is -1.93. The lowest BCUT2D eigenvalue weighted by molar-refractivity contribution is -0.385. The molecule has 0 aliphatic carbocycles. The predicted octanol–water partition coefficient (Wildman–Crippen LogP) is 4.55. The summed E-state index contributed by atoms with van der Waals surface area (Å²) in [7, 11) is 0. The molecule has 4 rings (SSSR count). The van der Waals surface area contributed by atoms with Crippen molar-refractivity contribution in [2.75, 3.05) is 0 Å². The van der Waals surface area contributed by atoms with Gasteiger partial charge in [-0.05, 0) is 19.1 Å². The molecule has 1 aromatic carbocycles. The first-order valence-corrected chi connectivity index (χ1v) is 9.22. The summed E-state index contributed by atoms with van der Waals surface area (Å²) >= 11 is 7.31. The highest BCUT2D eigenvalue weighted by Gasteiger charge is 2.19. The van der Waals surface area contributed by atoms with Crippen molar-refractivity contribution in [1.82, 2.24) is 19.6 Å². The van der Waals surface area contributed by atoms with Crippen molar-refractivity contribution in [2.24, 2.45) is 0 Å². The van der Waals surface area contributed by atoms with Crippen LogP contribution in [0.1, 0.15) is 11.3 Å². The zero-order valence-electron chi connectivity index (χ0n) is 14.0. The summed E-state index contributed by atoms with van der Waals surface area (Å²) in [6.07, 6.45) is 1.73. The molecule has 0 atom stereocenters. The number of hydrogen-bond acceptors (Lipinski definition) is 7. The van der Waals surface area contributed by atoms with Crippen molar-refractivity contribution in [3.8, 4) is 11.6 Å². The third-order valence-corrected chi connectivity index (χ3v) is 5.00. The highest BCUT2D eigenvalue weighted by atomic mass is 35.5. The fraction of sp³-hybridized carbons (Fsp3) is 0.118. The fourth-order valence-electron chi connectivity index (χ4n) is 2.71. The number of aromatic nitrogens is 4. The number of imidazole rings is 1. The van der Waals surface area contributed by atoms with Gasteiger partial charge in [-0.15, -0.1) is 10.2 Å². The summed E-state index contributed by atoms with van der Waals surface area (Å²) in [6, 6.07) is 10.1. The number of benzene rings is 1. The number of rotatable bonds is 5. The van der Waals surface area contributed by atoms with Crippen LogP contribution in [-0.4, -0.2) is 24.5 Å². The summed E-state index contributed by atoms with van der Waals surface area (Å²) in [4.78, 5) is 15.2. The van der Waals surface area contributed by atoms with Crippen LogP contribution in [0.3, 0.4) is 0 Å². The number of aryl methyl sites for hydroxylation is 1. The number of nitrogens with zero attached hydrogens (tertiary/aromatic N) is 5. The predicted molar refractivity (Wildman–Crippen MR) is 101 cm³/mol. The van der Waals surface area contributed by atoms with Crippen LogP contribution in [0.2, 0.25) is 5.02 Å². The summed E-state index contributed by atoms with van der Waals surface area (Å²) < 4.78 is 7.54. The van der Waals surface area contributed by atoms with Gasteiger partial charge in [0.2, 0.25) is 0 Å². The van der Waals surface area contributed by atoms with Crippen molar-refractivity contribution in [3.63, 3.8) is 0 Å². The molecule has 0 bridgehead atoms. The lowest BCUT2D eigenvalue weighted by Gasteiger charge is -2.00. The second-order valence-corrected chi connectivity index (χ2v) is 7.03. The number of hydrogen-bond donors (Lipinski definition) is 0. The molecule has 8 nitrogen and oxygen atoms in total. The average Bonchev–Trinajstić information content (AvgIpc) is 3.23. The molecule has 0 amide bonds.